The average Bonchev–Trinajstić information content (AvgIpc) is 2.62. The number of nitrogens with one attached hydrogen (secondary N) is 1. The third kappa shape index (κ3) is 3.54. The lowest BCUT2D eigenvalue weighted by atomic mass is 10.0. The molecule has 0 saturated carbocycles. The molecule has 0 spiro atoms. The number of phenols is 1. The van der Waals surface area contributed by atoms with E-state index in [1.807, 2.05) is 0 Å². The molecule has 0 aliphatic rings. The lowest BCUT2D eigenvalue weighted by Crippen LogP contribution is -2.13. The van der Waals surface area contributed by atoms with Crippen LogP contribution in [0, 0.1) is 5.41 Å². The molecule has 0 aliphatic heterocycles. The van der Waals surface area contributed by atoms with E-state index >= 15 is 0 Å². The minimum Gasteiger partial charge on any atom is -0.507 e. The zero-order chi connectivity index (χ0) is 17.9. The molecule has 0 radical (unpaired) electrons. The van der Waals surface area contributed by atoms with E-state index in [-0.39, 0.29) is 33.2 Å². The van der Waals surface area contributed by atoms with E-state index in [2.05, 4.69) is 0 Å². The SMILES string of the molecule is N=C(c1ccccc1O)c1ccccc1OS(=O)(=O)c1ccccc1. The number of rotatable bonds is 5. The summed E-state index contributed by atoms with van der Waals surface area (Å²) in [5.41, 5.74) is 0.524. The second-order valence-electron chi connectivity index (χ2n) is 5.24. The van der Waals surface area contributed by atoms with Crippen LogP contribution in [0.25, 0.3) is 0 Å². The zero-order valence-electron chi connectivity index (χ0n) is 13.1. The number of para-hydroxylation sites is 2. The van der Waals surface area contributed by atoms with Gasteiger partial charge in [0.05, 0.1) is 5.71 Å². The first-order chi connectivity index (χ1) is 12.0. The van der Waals surface area contributed by atoms with Gasteiger partial charge < -0.3 is 9.29 Å². The molecule has 25 heavy (non-hydrogen) atoms. The Morgan fingerprint density at radius 2 is 1.36 bits per heavy atom. The summed E-state index contributed by atoms with van der Waals surface area (Å²) in [5.74, 6) is -0.0344. The molecule has 0 aromatic heterocycles. The molecule has 2 N–H and O–H groups in total. The van der Waals surface area contributed by atoms with E-state index in [9.17, 15) is 13.5 Å². The molecule has 0 aliphatic carbocycles. The van der Waals surface area contributed by atoms with Crippen molar-refractivity contribution < 1.29 is 17.7 Å². The lowest BCUT2D eigenvalue weighted by Gasteiger charge is -2.13. The minimum atomic E-state index is -4.02. The predicted molar refractivity (Wildman–Crippen MR) is 94.7 cm³/mol. The van der Waals surface area contributed by atoms with Crippen molar-refractivity contribution in [3.8, 4) is 11.5 Å². The van der Waals surface area contributed by atoms with Gasteiger partial charge in [0.25, 0.3) is 0 Å². The summed E-state index contributed by atoms with van der Waals surface area (Å²) >= 11 is 0. The van der Waals surface area contributed by atoms with Crippen LogP contribution in [0.5, 0.6) is 11.5 Å². The van der Waals surface area contributed by atoms with Gasteiger partial charge in [-0.2, -0.15) is 8.42 Å². The van der Waals surface area contributed by atoms with Crippen LogP contribution in [0.2, 0.25) is 0 Å². The summed E-state index contributed by atoms with van der Waals surface area (Å²) in [5, 5.41) is 18.3. The number of hydrogen-bond donors (Lipinski definition) is 2. The van der Waals surface area contributed by atoms with Crippen LogP contribution in [0.1, 0.15) is 11.1 Å². The van der Waals surface area contributed by atoms with Gasteiger partial charge in [-0.05, 0) is 36.4 Å². The molecule has 3 aromatic carbocycles. The van der Waals surface area contributed by atoms with Crippen molar-refractivity contribution in [1.82, 2.24) is 0 Å². The van der Waals surface area contributed by atoms with Crippen molar-refractivity contribution in [3.63, 3.8) is 0 Å². The van der Waals surface area contributed by atoms with Crippen molar-refractivity contribution in [1.29, 1.82) is 5.41 Å². The van der Waals surface area contributed by atoms with Gasteiger partial charge in [0, 0.05) is 11.1 Å². The van der Waals surface area contributed by atoms with Crippen LogP contribution in [-0.4, -0.2) is 19.2 Å². The van der Waals surface area contributed by atoms with E-state index in [1.165, 1.54) is 24.3 Å². The molecule has 0 unspecified atom stereocenters. The maximum absolute atomic E-state index is 12.4. The van der Waals surface area contributed by atoms with Gasteiger partial charge in [-0.15, -0.1) is 0 Å². The maximum Gasteiger partial charge on any atom is 0.339 e. The molecule has 0 heterocycles. The molecule has 0 atom stereocenters. The monoisotopic (exact) mass is 353 g/mol. The second-order valence-corrected chi connectivity index (χ2v) is 6.79. The average molecular weight is 353 g/mol. The van der Waals surface area contributed by atoms with E-state index in [0.717, 1.165) is 0 Å². The second kappa shape index (κ2) is 6.78. The first-order valence-electron chi connectivity index (χ1n) is 7.45. The fourth-order valence-electron chi connectivity index (χ4n) is 2.33. The van der Waals surface area contributed by atoms with Gasteiger partial charge in [-0.3, -0.25) is 5.41 Å². The molecule has 0 bridgehead atoms. The molecule has 3 aromatic rings. The van der Waals surface area contributed by atoms with Crippen molar-refractivity contribution in [2.75, 3.05) is 0 Å². The van der Waals surface area contributed by atoms with Crippen molar-refractivity contribution in [3.05, 3.63) is 90.0 Å². The first-order valence-corrected chi connectivity index (χ1v) is 8.86. The molecular formula is C19H15NO4S. The summed E-state index contributed by atoms with van der Waals surface area (Å²) < 4.78 is 30.1. The summed E-state index contributed by atoms with van der Waals surface area (Å²) in [6.45, 7) is 0. The lowest BCUT2D eigenvalue weighted by molar-refractivity contribution is 0.474. The molecule has 0 amide bonds. The predicted octanol–water partition coefficient (Wildman–Crippen LogP) is 3.58. The Morgan fingerprint density at radius 3 is 2.04 bits per heavy atom. The molecule has 6 heteroatoms. The van der Waals surface area contributed by atoms with Crippen molar-refractivity contribution in [2.45, 2.75) is 4.90 Å². The number of hydrogen-bond acceptors (Lipinski definition) is 5. The zero-order valence-corrected chi connectivity index (χ0v) is 13.9. The Hall–Kier alpha value is -3.12. The highest BCUT2D eigenvalue weighted by Crippen LogP contribution is 2.27. The summed E-state index contributed by atoms with van der Waals surface area (Å²) in [4.78, 5) is 0.0268. The highest BCUT2D eigenvalue weighted by Gasteiger charge is 2.20. The van der Waals surface area contributed by atoms with Crippen LogP contribution in [0.15, 0.2) is 83.8 Å². The molecule has 0 saturated heterocycles. The van der Waals surface area contributed by atoms with Gasteiger partial charge >= 0.3 is 10.1 Å². The Kier molecular flexibility index (Phi) is 4.54. The Balaban J connectivity index is 2.00. The third-order valence-corrected chi connectivity index (χ3v) is 4.81. The Labute approximate surface area is 145 Å². The number of phenolic OH excluding ortho intramolecular Hbond substituents is 1. The maximum atomic E-state index is 12.4. The normalized spacial score (nSPS) is 11.0. The van der Waals surface area contributed by atoms with E-state index in [0.29, 0.717) is 0 Å². The third-order valence-electron chi connectivity index (χ3n) is 3.56. The van der Waals surface area contributed by atoms with Crippen LogP contribution < -0.4 is 4.18 Å². The summed E-state index contributed by atoms with van der Waals surface area (Å²) in [6.07, 6.45) is 0. The standard InChI is InChI=1S/C19H15NO4S/c20-19(15-10-4-6-12-17(15)21)16-11-5-7-13-18(16)24-25(22,23)14-8-2-1-3-9-14/h1-13,20-21H. The largest absolute Gasteiger partial charge is 0.507 e. The highest BCUT2D eigenvalue weighted by molar-refractivity contribution is 7.87. The van der Waals surface area contributed by atoms with Gasteiger partial charge in [-0.25, -0.2) is 0 Å². The smallest absolute Gasteiger partial charge is 0.339 e. The molecular weight excluding hydrogens is 338 g/mol. The molecule has 3 rings (SSSR count). The van der Waals surface area contributed by atoms with Gasteiger partial charge in [0.1, 0.15) is 10.6 Å². The van der Waals surface area contributed by atoms with Gasteiger partial charge in [-0.1, -0.05) is 42.5 Å². The number of aromatic hydroxyl groups is 1. The van der Waals surface area contributed by atoms with Crippen molar-refractivity contribution >= 4 is 15.8 Å². The molecule has 5 nitrogen and oxygen atoms in total. The van der Waals surface area contributed by atoms with Crippen LogP contribution >= 0.6 is 0 Å². The van der Waals surface area contributed by atoms with Crippen LogP contribution in [-0.2, 0) is 10.1 Å². The van der Waals surface area contributed by atoms with Gasteiger partial charge in [0.15, 0.2) is 5.75 Å². The summed E-state index contributed by atoms with van der Waals surface area (Å²) in [7, 11) is -4.02. The molecule has 0 fully saturated rings. The highest BCUT2D eigenvalue weighted by atomic mass is 32.2. The van der Waals surface area contributed by atoms with Crippen LogP contribution in [0.3, 0.4) is 0 Å². The topological polar surface area (TPSA) is 87.4 Å². The van der Waals surface area contributed by atoms with Gasteiger partial charge in [0.2, 0.25) is 0 Å². The van der Waals surface area contributed by atoms with E-state index < -0.39 is 10.1 Å². The van der Waals surface area contributed by atoms with E-state index in [4.69, 9.17) is 9.59 Å². The molecule has 126 valence electrons. The van der Waals surface area contributed by atoms with Crippen molar-refractivity contribution in [2.24, 2.45) is 0 Å². The minimum absolute atomic E-state index is 0.0268. The van der Waals surface area contributed by atoms with E-state index in [1.54, 1.807) is 54.6 Å². The Morgan fingerprint density at radius 1 is 0.800 bits per heavy atom. The quantitative estimate of drug-likeness (QED) is 0.542. The Bertz CT molecular complexity index is 1010. The first kappa shape index (κ1) is 16.7. The fraction of sp³-hybridized carbons (Fsp3) is 0. The summed E-state index contributed by atoms with van der Waals surface area (Å²) in [6, 6.07) is 20.5. The van der Waals surface area contributed by atoms with Crippen LogP contribution in [0.4, 0.5) is 0 Å². The number of benzene rings is 3. The fourth-order valence-corrected chi connectivity index (χ4v) is 3.30.